The molecule has 3 heteroatoms. The number of hydrogen-bond acceptors (Lipinski definition) is 3. The zero-order valence-corrected chi connectivity index (χ0v) is 14.3. The lowest BCUT2D eigenvalue weighted by molar-refractivity contribution is -0.0249. The minimum atomic E-state index is -0.359. The maximum Gasteiger partial charge on any atom is 0.158 e. The van der Waals surface area contributed by atoms with Crippen LogP contribution >= 0.6 is 11.8 Å². The van der Waals surface area contributed by atoms with Crippen molar-refractivity contribution < 1.29 is 4.74 Å². The van der Waals surface area contributed by atoms with Crippen LogP contribution < -0.4 is 0 Å². The van der Waals surface area contributed by atoms with E-state index >= 15 is 0 Å². The Morgan fingerprint density at radius 2 is 2.00 bits per heavy atom. The molecule has 2 nitrogen and oxygen atoms in total. The number of aliphatic imine (C=N–C) groups is 1. The lowest BCUT2D eigenvalue weighted by Gasteiger charge is -2.35. The summed E-state index contributed by atoms with van der Waals surface area (Å²) in [5.41, 5.74) is 0.857. The summed E-state index contributed by atoms with van der Waals surface area (Å²) in [6, 6.07) is 10.5. The third-order valence-corrected chi connectivity index (χ3v) is 5.11. The van der Waals surface area contributed by atoms with Crippen LogP contribution in [0, 0.1) is 0 Å². The summed E-state index contributed by atoms with van der Waals surface area (Å²) < 4.78 is 5.96. The van der Waals surface area contributed by atoms with Crippen molar-refractivity contribution in [1.29, 1.82) is 0 Å². The van der Waals surface area contributed by atoms with Crippen LogP contribution in [-0.4, -0.2) is 22.6 Å². The minimum Gasteiger partial charge on any atom is -0.354 e. The molecule has 21 heavy (non-hydrogen) atoms. The predicted octanol–water partition coefficient (Wildman–Crippen LogP) is 5.27. The second-order valence-electron chi connectivity index (χ2n) is 5.83. The Balaban J connectivity index is 2.15. The molecule has 1 aromatic carbocycles. The molecule has 0 fully saturated rings. The van der Waals surface area contributed by atoms with Crippen molar-refractivity contribution in [2.75, 3.05) is 6.61 Å². The average Bonchev–Trinajstić information content (AvgIpc) is 2.48. The van der Waals surface area contributed by atoms with Gasteiger partial charge in [-0.25, -0.2) is 4.99 Å². The predicted molar refractivity (Wildman–Crippen MR) is 93.1 cm³/mol. The van der Waals surface area contributed by atoms with Gasteiger partial charge in [-0.2, -0.15) is 0 Å². The number of hydrogen-bond donors (Lipinski definition) is 0. The van der Waals surface area contributed by atoms with Crippen LogP contribution in [0.15, 0.2) is 35.3 Å². The normalized spacial score (nSPS) is 25.7. The molecule has 0 aliphatic carbocycles. The fourth-order valence-corrected chi connectivity index (χ4v) is 4.32. The minimum absolute atomic E-state index is 0.359. The molecule has 1 heterocycles. The van der Waals surface area contributed by atoms with Crippen LogP contribution in [0.1, 0.15) is 58.4 Å². The molecule has 0 bridgehead atoms. The highest BCUT2D eigenvalue weighted by atomic mass is 32.2. The highest BCUT2D eigenvalue weighted by Crippen LogP contribution is 2.37. The van der Waals surface area contributed by atoms with E-state index in [0.717, 1.165) is 11.5 Å². The van der Waals surface area contributed by atoms with E-state index in [1.165, 1.54) is 31.2 Å². The SMILES string of the molecule is CCCCCC1CC(C)(OCC)N=C(c2ccccc2)S1. The van der Waals surface area contributed by atoms with Gasteiger partial charge >= 0.3 is 0 Å². The lowest BCUT2D eigenvalue weighted by Crippen LogP contribution is -2.35. The second kappa shape index (κ2) is 8.00. The van der Waals surface area contributed by atoms with Crippen molar-refractivity contribution in [3.05, 3.63) is 35.9 Å². The molecule has 1 aliphatic heterocycles. The molecule has 0 saturated carbocycles. The summed E-state index contributed by atoms with van der Waals surface area (Å²) in [7, 11) is 0. The zero-order valence-electron chi connectivity index (χ0n) is 13.5. The van der Waals surface area contributed by atoms with Gasteiger partial charge in [-0.15, -0.1) is 11.8 Å². The van der Waals surface area contributed by atoms with Crippen molar-refractivity contribution >= 4 is 16.8 Å². The molecule has 0 aromatic heterocycles. The number of thioether (sulfide) groups is 1. The Morgan fingerprint density at radius 1 is 1.24 bits per heavy atom. The number of rotatable bonds is 7. The summed E-state index contributed by atoms with van der Waals surface area (Å²) in [5, 5.41) is 1.75. The summed E-state index contributed by atoms with van der Waals surface area (Å²) in [4.78, 5) is 4.91. The van der Waals surface area contributed by atoms with Crippen LogP contribution in [0.2, 0.25) is 0 Å². The fraction of sp³-hybridized carbons (Fsp3) is 0.611. The van der Waals surface area contributed by atoms with Crippen molar-refractivity contribution in [2.24, 2.45) is 4.99 Å². The lowest BCUT2D eigenvalue weighted by atomic mass is 10.0. The van der Waals surface area contributed by atoms with Gasteiger partial charge in [0.15, 0.2) is 5.72 Å². The fourth-order valence-electron chi connectivity index (χ4n) is 2.81. The first-order valence-electron chi connectivity index (χ1n) is 8.12. The number of unbranched alkanes of at least 4 members (excludes halogenated alkanes) is 2. The van der Waals surface area contributed by atoms with E-state index in [0.29, 0.717) is 11.9 Å². The first kappa shape index (κ1) is 16.6. The molecular weight excluding hydrogens is 278 g/mol. The molecular formula is C18H27NOS. The summed E-state index contributed by atoms with van der Waals surface area (Å²) in [5.74, 6) is 0. The maximum atomic E-state index is 5.96. The van der Waals surface area contributed by atoms with E-state index in [-0.39, 0.29) is 5.72 Å². The molecule has 116 valence electrons. The molecule has 0 amide bonds. The van der Waals surface area contributed by atoms with E-state index in [4.69, 9.17) is 9.73 Å². The zero-order chi connectivity index (χ0) is 15.1. The second-order valence-corrected chi connectivity index (χ2v) is 7.12. The van der Waals surface area contributed by atoms with Gasteiger partial charge < -0.3 is 4.74 Å². The van der Waals surface area contributed by atoms with Gasteiger partial charge in [-0.1, -0.05) is 56.5 Å². The Kier molecular flexibility index (Phi) is 6.31. The quantitative estimate of drug-likeness (QED) is 0.640. The van der Waals surface area contributed by atoms with Crippen molar-refractivity contribution in [1.82, 2.24) is 0 Å². The van der Waals surface area contributed by atoms with Crippen LogP contribution in [-0.2, 0) is 4.74 Å². The van der Waals surface area contributed by atoms with Gasteiger partial charge in [0.2, 0.25) is 0 Å². The van der Waals surface area contributed by atoms with E-state index < -0.39 is 0 Å². The standard InChI is InChI=1S/C18H27NOS/c1-4-6-8-13-16-14-18(3,20-5-2)19-17(21-16)15-11-9-7-10-12-15/h7,9-12,16H,4-6,8,13-14H2,1-3H3. The highest BCUT2D eigenvalue weighted by molar-refractivity contribution is 8.15. The summed E-state index contributed by atoms with van der Waals surface area (Å²) >= 11 is 1.93. The first-order chi connectivity index (χ1) is 10.2. The third kappa shape index (κ3) is 4.86. The van der Waals surface area contributed by atoms with Crippen LogP contribution in [0.4, 0.5) is 0 Å². The third-order valence-electron chi connectivity index (χ3n) is 3.83. The van der Waals surface area contributed by atoms with E-state index in [1.807, 2.05) is 11.8 Å². The topological polar surface area (TPSA) is 21.6 Å². The Morgan fingerprint density at radius 3 is 2.67 bits per heavy atom. The van der Waals surface area contributed by atoms with Crippen molar-refractivity contribution in [3.8, 4) is 0 Å². The number of nitrogens with zero attached hydrogens (tertiary/aromatic N) is 1. The van der Waals surface area contributed by atoms with Gasteiger partial charge in [0, 0.05) is 23.8 Å². The molecule has 2 atom stereocenters. The van der Waals surface area contributed by atoms with Crippen molar-refractivity contribution in [3.63, 3.8) is 0 Å². The number of ether oxygens (including phenoxy) is 1. The molecule has 1 aromatic rings. The molecule has 1 aliphatic rings. The van der Waals surface area contributed by atoms with Crippen molar-refractivity contribution in [2.45, 2.75) is 63.9 Å². The van der Waals surface area contributed by atoms with Gasteiger partial charge in [0.1, 0.15) is 5.04 Å². The van der Waals surface area contributed by atoms with Gasteiger partial charge in [0.25, 0.3) is 0 Å². The summed E-state index contributed by atoms with van der Waals surface area (Å²) in [6.07, 6.45) is 6.18. The van der Waals surface area contributed by atoms with Gasteiger partial charge in [0.05, 0.1) is 0 Å². The largest absolute Gasteiger partial charge is 0.354 e. The monoisotopic (exact) mass is 305 g/mol. The molecule has 2 unspecified atom stereocenters. The van der Waals surface area contributed by atoms with E-state index in [1.54, 1.807) is 0 Å². The van der Waals surface area contributed by atoms with E-state index in [9.17, 15) is 0 Å². The molecule has 0 spiro atoms. The van der Waals surface area contributed by atoms with Crippen LogP contribution in [0.25, 0.3) is 0 Å². The smallest absolute Gasteiger partial charge is 0.158 e. The van der Waals surface area contributed by atoms with Gasteiger partial charge in [-0.3, -0.25) is 0 Å². The average molecular weight is 305 g/mol. The molecule has 2 rings (SSSR count). The molecule has 0 radical (unpaired) electrons. The first-order valence-corrected chi connectivity index (χ1v) is 9.00. The highest BCUT2D eigenvalue weighted by Gasteiger charge is 2.34. The summed E-state index contributed by atoms with van der Waals surface area (Å²) in [6.45, 7) is 7.16. The van der Waals surface area contributed by atoms with E-state index in [2.05, 4.69) is 51.1 Å². The number of benzene rings is 1. The molecule has 0 N–H and O–H groups in total. The maximum absolute atomic E-state index is 5.96. The molecule has 0 saturated heterocycles. The Hall–Kier alpha value is -0.800. The Bertz CT molecular complexity index is 460. The van der Waals surface area contributed by atoms with Gasteiger partial charge in [-0.05, 0) is 20.3 Å². The van der Waals surface area contributed by atoms with Crippen LogP contribution in [0.3, 0.4) is 0 Å². The van der Waals surface area contributed by atoms with Crippen LogP contribution in [0.5, 0.6) is 0 Å². The Labute approximate surface area is 133 Å².